The van der Waals surface area contributed by atoms with E-state index in [0.29, 0.717) is 5.56 Å². The fraction of sp³-hybridized carbons (Fsp3) is 0.200. The zero-order chi connectivity index (χ0) is 15.0. The van der Waals surface area contributed by atoms with Gasteiger partial charge in [-0.25, -0.2) is 0 Å². The van der Waals surface area contributed by atoms with Crippen molar-refractivity contribution in [3.63, 3.8) is 0 Å². The van der Waals surface area contributed by atoms with Crippen LogP contribution in [-0.2, 0) is 5.60 Å². The van der Waals surface area contributed by atoms with Crippen LogP contribution in [0, 0.1) is 6.92 Å². The molecule has 5 heteroatoms. The van der Waals surface area contributed by atoms with E-state index < -0.39 is 11.8 Å². The van der Waals surface area contributed by atoms with Gasteiger partial charge in [0.25, 0.3) is 0 Å². The van der Waals surface area contributed by atoms with Crippen molar-refractivity contribution in [2.75, 3.05) is 0 Å². The van der Waals surface area contributed by atoms with Gasteiger partial charge in [-0.15, -0.1) is 0 Å². The van der Waals surface area contributed by atoms with Crippen molar-refractivity contribution >= 4 is 11.6 Å². The molecule has 1 unspecified atom stereocenters. The Kier molecular flexibility index (Phi) is 3.80. The van der Waals surface area contributed by atoms with Crippen molar-refractivity contribution in [3.8, 4) is 0 Å². The second-order valence-corrected chi connectivity index (χ2v) is 4.97. The summed E-state index contributed by atoms with van der Waals surface area (Å²) in [6.07, 6.45) is -4.86. The maximum absolute atomic E-state index is 13.5. The molecule has 0 heterocycles. The minimum Gasteiger partial charge on any atom is -0.372 e. The molecule has 106 valence electrons. The van der Waals surface area contributed by atoms with Gasteiger partial charge in [0.2, 0.25) is 5.60 Å². The van der Waals surface area contributed by atoms with Crippen LogP contribution in [0.5, 0.6) is 0 Å². The highest BCUT2D eigenvalue weighted by Gasteiger charge is 2.56. The maximum atomic E-state index is 13.5. The molecule has 1 nitrogen and oxygen atoms in total. The predicted molar refractivity (Wildman–Crippen MR) is 71.7 cm³/mol. The molecule has 0 aromatic heterocycles. The van der Waals surface area contributed by atoms with Gasteiger partial charge in [-0.2, -0.15) is 13.2 Å². The first kappa shape index (κ1) is 14.9. The molecule has 0 saturated heterocycles. The molecule has 0 aliphatic carbocycles. The third kappa shape index (κ3) is 2.41. The monoisotopic (exact) mass is 300 g/mol. The highest BCUT2D eigenvalue weighted by atomic mass is 35.5. The van der Waals surface area contributed by atoms with E-state index in [1.165, 1.54) is 43.3 Å². The highest BCUT2D eigenvalue weighted by molar-refractivity contribution is 6.30. The van der Waals surface area contributed by atoms with Crippen LogP contribution in [0.15, 0.2) is 48.5 Å². The topological polar surface area (TPSA) is 20.2 Å². The van der Waals surface area contributed by atoms with E-state index in [-0.39, 0.29) is 16.1 Å². The maximum Gasteiger partial charge on any atom is 0.425 e. The molecule has 0 saturated carbocycles. The lowest BCUT2D eigenvalue weighted by atomic mass is 9.83. The van der Waals surface area contributed by atoms with E-state index in [1.54, 1.807) is 6.07 Å². The number of hydrogen-bond acceptors (Lipinski definition) is 1. The standard InChI is InChI=1S/C15H12ClF3O/c1-10-5-2-3-8-13(10)14(20,15(17,18)19)11-6-4-7-12(16)9-11/h2-9,20H,1H3. The lowest BCUT2D eigenvalue weighted by molar-refractivity contribution is -0.248. The molecule has 0 amide bonds. The van der Waals surface area contributed by atoms with Crippen LogP contribution >= 0.6 is 11.6 Å². The van der Waals surface area contributed by atoms with Crippen molar-refractivity contribution in [1.29, 1.82) is 0 Å². The Morgan fingerprint density at radius 2 is 1.65 bits per heavy atom. The molecule has 2 aromatic carbocycles. The van der Waals surface area contributed by atoms with Crippen LogP contribution in [0.25, 0.3) is 0 Å². The quantitative estimate of drug-likeness (QED) is 0.869. The Balaban J connectivity index is 2.74. The molecule has 1 atom stereocenters. The second-order valence-electron chi connectivity index (χ2n) is 4.53. The molecule has 0 aliphatic heterocycles. The molecule has 2 aromatic rings. The van der Waals surface area contributed by atoms with Crippen molar-refractivity contribution < 1.29 is 18.3 Å². The third-order valence-electron chi connectivity index (χ3n) is 3.19. The van der Waals surface area contributed by atoms with Crippen LogP contribution in [-0.4, -0.2) is 11.3 Å². The summed E-state index contributed by atoms with van der Waals surface area (Å²) < 4.78 is 40.5. The van der Waals surface area contributed by atoms with Gasteiger partial charge in [-0.05, 0) is 30.2 Å². The predicted octanol–water partition coefficient (Wildman–Crippen LogP) is 4.45. The van der Waals surface area contributed by atoms with Crippen LogP contribution in [0.2, 0.25) is 5.02 Å². The minimum atomic E-state index is -4.86. The van der Waals surface area contributed by atoms with Gasteiger partial charge < -0.3 is 5.11 Å². The van der Waals surface area contributed by atoms with Crippen molar-refractivity contribution in [3.05, 3.63) is 70.2 Å². The van der Waals surface area contributed by atoms with E-state index in [2.05, 4.69) is 0 Å². The summed E-state index contributed by atoms with van der Waals surface area (Å²) in [7, 11) is 0. The number of alkyl halides is 3. The Hall–Kier alpha value is -1.52. The zero-order valence-electron chi connectivity index (χ0n) is 10.6. The number of hydrogen-bond donors (Lipinski definition) is 1. The summed E-state index contributed by atoms with van der Waals surface area (Å²) in [6, 6.07) is 11.1. The molecular weight excluding hydrogens is 289 g/mol. The molecule has 0 fully saturated rings. The van der Waals surface area contributed by atoms with Crippen LogP contribution in [0.4, 0.5) is 13.2 Å². The van der Waals surface area contributed by atoms with Crippen LogP contribution in [0.3, 0.4) is 0 Å². The third-order valence-corrected chi connectivity index (χ3v) is 3.42. The van der Waals surface area contributed by atoms with E-state index in [9.17, 15) is 18.3 Å². The van der Waals surface area contributed by atoms with Crippen molar-refractivity contribution in [2.24, 2.45) is 0 Å². The van der Waals surface area contributed by atoms with Gasteiger partial charge in [0, 0.05) is 10.6 Å². The molecule has 2 rings (SSSR count). The van der Waals surface area contributed by atoms with Gasteiger partial charge in [-0.1, -0.05) is 48.0 Å². The SMILES string of the molecule is Cc1ccccc1C(O)(c1cccc(Cl)c1)C(F)(F)F. The van der Waals surface area contributed by atoms with Gasteiger partial charge in [0.15, 0.2) is 0 Å². The number of aryl methyl sites for hydroxylation is 1. The average molecular weight is 301 g/mol. The zero-order valence-corrected chi connectivity index (χ0v) is 11.3. The summed E-state index contributed by atoms with van der Waals surface area (Å²) in [5, 5.41) is 10.5. The van der Waals surface area contributed by atoms with Gasteiger partial charge in [0.1, 0.15) is 0 Å². The Morgan fingerprint density at radius 3 is 2.20 bits per heavy atom. The molecular formula is C15H12ClF3O. The molecule has 0 radical (unpaired) electrons. The molecule has 0 spiro atoms. The largest absolute Gasteiger partial charge is 0.425 e. The summed E-state index contributed by atoms with van der Waals surface area (Å²) in [4.78, 5) is 0. The van der Waals surface area contributed by atoms with Gasteiger partial charge in [0.05, 0.1) is 0 Å². The molecule has 0 aliphatic rings. The van der Waals surface area contributed by atoms with Gasteiger partial charge >= 0.3 is 6.18 Å². The average Bonchev–Trinajstić information content (AvgIpc) is 2.37. The fourth-order valence-corrected chi connectivity index (χ4v) is 2.35. The van der Waals surface area contributed by atoms with Crippen LogP contribution < -0.4 is 0 Å². The lowest BCUT2D eigenvalue weighted by Gasteiger charge is -2.32. The summed E-state index contributed by atoms with van der Waals surface area (Å²) in [5.74, 6) is 0. The van der Waals surface area contributed by atoms with E-state index >= 15 is 0 Å². The number of rotatable bonds is 2. The first-order valence-corrected chi connectivity index (χ1v) is 6.26. The fourth-order valence-electron chi connectivity index (χ4n) is 2.16. The molecule has 1 N–H and O–H groups in total. The molecule has 0 bridgehead atoms. The Morgan fingerprint density at radius 1 is 1.00 bits per heavy atom. The van der Waals surface area contributed by atoms with E-state index in [1.807, 2.05) is 0 Å². The Labute approximate surface area is 119 Å². The smallest absolute Gasteiger partial charge is 0.372 e. The highest BCUT2D eigenvalue weighted by Crippen LogP contribution is 2.45. The first-order chi connectivity index (χ1) is 9.26. The number of halogens is 4. The number of aliphatic hydroxyl groups is 1. The lowest BCUT2D eigenvalue weighted by Crippen LogP contribution is -2.43. The summed E-state index contributed by atoms with van der Waals surface area (Å²) >= 11 is 5.75. The summed E-state index contributed by atoms with van der Waals surface area (Å²) in [5.41, 5.74) is -3.22. The van der Waals surface area contributed by atoms with Crippen molar-refractivity contribution in [2.45, 2.75) is 18.7 Å². The van der Waals surface area contributed by atoms with E-state index in [0.717, 1.165) is 6.07 Å². The van der Waals surface area contributed by atoms with E-state index in [4.69, 9.17) is 11.6 Å². The number of benzene rings is 2. The van der Waals surface area contributed by atoms with Crippen molar-refractivity contribution in [1.82, 2.24) is 0 Å². The van der Waals surface area contributed by atoms with Gasteiger partial charge in [-0.3, -0.25) is 0 Å². The molecule has 20 heavy (non-hydrogen) atoms. The Bertz CT molecular complexity index is 625. The second kappa shape index (κ2) is 5.11. The first-order valence-electron chi connectivity index (χ1n) is 5.88. The van der Waals surface area contributed by atoms with Crippen LogP contribution in [0.1, 0.15) is 16.7 Å². The summed E-state index contributed by atoms with van der Waals surface area (Å²) in [6.45, 7) is 1.52. The minimum absolute atomic E-state index is 0.138. The normalized spacial score (nSPS) is 14.9.